The third-order valence-electron chi connectivity index (χ3n) is 5.15. The molecule has 3 amide bonds. The van der Waals surface area contributed by atoms with E-state index >= 15 is 0 Å². The molecule has 180 valence electrons. The van der Waals surface area contributed by atoms with Crippen molar-refractivity contribution >= 4 is 39.3 Å². The van der Waals surface area contributed by atoms with E-state index in [1.54, 1.807) is 54.6 Å². The number of carbonyl (C=O) groups is 3. The molecule has 36 heavy (non-hydrogen) atoms. The summed E-state index contributed by atoms with van der Waals surface area (Å²) in [6.07, 6.45) is 0. The molecule has 0 aliphatic rings. The number of anilines is 1. The Balaban J connectivity index is 1.24. The zero-order chi connectivity index (χ0) is 25.3. The molecule has 0 aromatic heterocycles. The molecule has 0 atom stereocenters. The van der Waals surface area contributed by atoms with Gasteiger partial charge in [0.2, 0.25) is 0 Å². The van der Waals surface area contributed by atoms with Gasteiger partial charge in [0, 0.05) is 16.8 Å². The van der Waals surface area contributed by atoms with E-state index < -0.39 is 11.8 Å². The van der Waals surface area contributed by atoms with E-state index in [4.69, 9.17) is 4.74 Å². The van der Waals surface area contributed by atoms with Crippen molar-refractivity contribution in [2.75, 3.05) is 11.9 Å². The monoisotopic (exact) mass is 543 g/mol. The number of hydrogen-bond donors (Lipinski definition) is 3. The van der Waals surface area contributed by atoms with Crippen molar-refractivity contribution < 1.29 is 19.1 Å². The Labute approximate surface area is 216 Å². The number of ether oxygens (including phenoxy) is 1. The van der Waals surface area contributed by atoms with Gasteiger partial charge >= 0.3 is 0 Å². The molecule has 8 heteroatoms. The molecule has 3 N–H and O–H groups in total. The zero-order valence-electron chi connectivity index (χ0n) is 19.0. The van der Waals surface area contributed by atoms with Gasteiger partial charge in [-0.15, -0.1) is 0 Å². The summed E-state index contributed by atoms with van der Waals surface area (Å²) in [5, 5.41) is 2.76. The molecule has 0 aliphatic heterocycles. The highest BCUT2D eigenvalue weighted by Gasteiger charge is 2.11. The fourth-order valence-electron chi connectivity index (χ4n) is 3.30. The van der Waals surface area contributed by atoms with Crippen LogP contribution in [0.4, 0.5) is 5.69 Å². The van der Waals surface area contributed by atoms with E-state index in [-0.39, 0.29) is 12.5 Å². The lowest BCUT2D eigenvalue weighted by Crippen LogP contribution is -2.43. The number of hydrogen-bond acceptors (Lipinski definition) is 4. The summed E-state index contributed by atoms with van der Waals surface area (Å²) in [6.45, 7) is -0.284. The minimum atomic E-state index is -0.519. The maximum atomic E-state index is 12.3. The van der Waals surface area contributed by atoms with Gasteiger partial charge in [-0.05, 0) is 75.6 Å². The van der Waals surface area contributed by atoms with Crippen molar-refractivity contribution in [3.63, 3.8) is 0 Å². The van der Waals surface area contributed by atoms with Crippen molar-refractivity contribution in [1.82, 2.24) is 10.9 Å². The van der Waals surface area contributed by atoms with E-state index in [1.807, 2.05) is 48.5 Å². The number of hydrazine groups is 1. The Kier molecular flexibility index (Phi) is 8.10. The summed E-state index contributed by atoms with van der Waals surface area (Å²) in [5.41, 5.74) is 8.14. The number of amides is 3. The lowest BCUT2D eigenvalue weighted by atomic mass is 10.1. The lowest BCUT2D eigenvalue weighted by Gasteiger charge is -2.11. The van der Waals surface area contributed by atoms with Crippen LogP contribution in [-0.4, -0.2) is 24.3 Å². The van der Waals surface area contributed by atoms with E-state index in [0.29, 0.717) is 27.0 Å². The number of halogens is 1. The molecule has 0 unspecified atom stereocenters. The van der Waals surface area contributed by atoms with E-state index in [9.17, 15) is 14.4 Å². The van der Waals surface area contributed by atoms with Crippen molar-refractivity contribution in [1.29, 1.82) is 0 Å². The van der Waals surface area contributed by atoms with Gasteiger partial charge in [-0.2, -0.15) is 0 Å². The van der Waals surface area contributed by atoms with Crippen molar-refractivity contribution in [3.8, 4) is 16.9 Å². The first-order valence-corrected chi connectivity index (χ1v) is 11.8. The third-order valence-corrected chi connectivity index (χ3v) is 5.77. The highest BCUT2D eigenvalue weighted by atomic mass is 79.9. The molecule has 0 spiro atoms. The van der Waals surface area contributed by atoms with Crippen molar-refractivity contribution in [2.24, 2.45) is 0 Å². The first-order valence-electron chi connectivity index (χ1n) is 11.0. The number of nitrogens with one attached hydrogen (secondary N) is 3. The molecule has 0 heterocycles. The van der Waals surface area contributed by atoms with Crippen LogP contribution in [0.25, 0.3) is 11.1 Å². The minimum Gasteiger partial charge on any atom is -0.483 e. The summed E-state index contributed by atoms with van der Waals surface area (Å²) in [7, 11) is 0. The van der Waals surface area contributed by atoms with Gasteiger partial charge in [0.1, 0.15) is 5.75 Å². The van der Waals surface area contributed by atoms with Gasteiger partial charge in [-0.3, -0.25) is 25.2 Å². The van der Waals surface area contributed by atoms with Gasteiger partial charge < -0.3 is 10.1 Å². The highest BCUT2D eigenvalue weighted by Crippen LogP contribution is 2.30. The largest absolute Gasteiger partial charge is 0.483 e. The van der Waals surface area contributed by atoms with Crippen LogP contribution in [0.2, 0.25) is 0 Å². The number of carbonyl (C=O) groups excluding carboxylic acids is 3. The van der Waals surface area contributed by atoms with Crippen LogP contribution in [0, 0.1) is 0 Å². The highest BCUT2D eigenvalue weighted by molar-refractivity contribution is 9.10. The molecule has 0 bridgehead atoms. The molecule has 0 saturated heterocycles. The van der Waals surface area contributed by atoms with Gasteiger partial charge in [0.15, 0.2) is 6.61 Å². The normalized spacial score (nSPS) is 10.2. The molecule has 7 nitrogen and oxygen atoms in total. The van der Waals surface area contributed by atoms with Crippen molar-refractivity contribution in [3.05, 3.63) is 119 Å². The first kappa shape index (κ1) is 24.7. The SMILES string of the molecule is O=C(COc1ccc(-c2ccccc2)cc1Br)NNC(=O)c1ccc(NC(=O)c2ccccc2)cc1. The predicted octanol–water partition coefficient (Wildman–Crippen LogP) is 5.21. The zero-order valence-corrected chi connectivity index (χ0v) is 20.6. The van der Waals surface area contributed by atoms with E-state index in [0.717, 1.165) is 11.1 Å². The first-order chi connectivity index (χ1) is 17.5. The minimum absolute atomic E-state index is 0.249. The Morgan fingerprint density at radius 3 is 1.97 bits per heavy atom. The fraction of sp³-hybridized carbons (Fsp3) is 0.0357. The predicted molar refractivity (Wildman–Crippen MR) is 142 cm³/mol. The third kappa shape index (κ3) is 6.58. The van der Waals surface area contributed by atoms with E-state index in [1.165, 1.54) is 0 Å². The maximum Gasteiger partial charge on any atom is 0.276 e. The number of benzene rings is 4. The quantitative estimate of drug-likeness (QED) is 0.279. The second kappa shape index (κ2) is 11.8. The second-order valence-electron chi connectivity index (χ2n) is 7.70. The fourth-order valence-corrected chi connectivity index (χ4v) is 3.80. The molecule has 0 saturated carbocycles. The maximum absolute atomic E-state index is 12.3. The summed E-state index contributed by atoms with van der Waals surface area (Å²) in [4.78, 5) is 36.7. The molecule has 4 aromatic rings. The van der Waals surface area contributed by atoms with E-state index in [2.05, 4.69) is 32.1 Å². The van der Waals surface area contributed by atoms with Crippen molar-refractivity contribution in [2.45, 2.75) is 0 Å². The molecule has 0 fully saturated rings. The average Bonchev–Trinajstić information content (AvgIpc) is 2.92. The molecule has 0 aliphatic carbocycles. The van der Waals surface area contributed by atoms with Crippen LogP contribution in [-0.2, 0) is 4.79 Å². The van der Waals surface area contributed by atoms with Gasteiger partial charge in [-0.25, -0.2) is 0 Å². The van der Waals surface area contributed by atoms with Crippen LogP contribution in [0.5, 0.6) is 5.75 Å². The van der Waals surface area contributed by atoms with Crippen LogP contribution in [0.3, 0.4) is 0 Å². The smallest absolute Gasteiger partial charge is 0.276 e. The van der Waals surface area contributed by atoms with Crippen LogP contribution >= 0.6 is 15.9 Å². The number of rotatable bonds is 7. The summed E-state index contributed by atoms with van der Waals surface area (Å²) in [6, 6.07) is 30.6. The Morgan fingerprint density at radius 2 is 1.31 bits per heavy atom. The van der Waals surface area contributed by atoms with Gasteiger partial charge in [0.05, 0.1) is 4.47 Å². The standard InChI is InChI=1S/C28H22BrN3O4/c29-24-17-22(19-7-3-1-4-8-19)13-16-25(24)36-18-26(33)31-32-28(35)21-11-14-23(15-12-21)30-27(34)20-9-5-2-6-10-20/h1-17H,18H2,(H,30,34)(H,31,33)(H,32,35). The van der Waals surface area contributed by atoms with Crippen LogP contribution in [0.1, 0.15) is 20.7 Å². The Hall–Kier alpha value is -4.43. The van der Waals surface area contributed by atoms with Crippen LogP contribution < -0.4 is 20.9 Å². The van der Waals surface area contributed by atoms with Gasteiger partial charge in [0.25, 0.3) is 17.7 Å². The molecule has 4 rings (SSSR count). The molecule has 4 aromatic carbocycles. The topological polar surface area (TPSA) is 96.5 Å². The second-order valence-corrected chi connectivity index (χ2v) is 8.55. The molecule has 0 radical (unpaired) electrons. The summed E-state index contributed by atoms with van der Waals surface area (Å²) in [5.74, 6) is -0.766. The average molecular weight is 544 g/mol. The van der Waals surface area contributed by atoms with Gasteiger partial charge in [-0.1, -0.05) is 54.6 Å². The summed E-state index contributed by atoms with van der Waals surface area (Å²) < 4.78 is 6.27. The molecular weight excluding hydrogens is 522 g/mol. The summed E-state index contributed by atoms with van der Waals surface area (Å²) >= 11 is 3.47. The Morgan fingerprint density at radius 1 is 0.667 bits per heavy atom. The lowest BCUT2D eigenvalue weighted by molar-refractivity contribution is -0.123. The Bertz CT molecular complexity index is 1360. The molecular formula is C28H22BrN3O4. The van der Waals surface area contributed by atoms with Crippen LogP contribution in [0.15, 0.2) is 108 Å².